The zero-order chi connectivity index (χ0) is 19.8. The average Bonchev–Trinajstić information content (AvgIpc) is 2.58. The molecule has 2 N–H and O–H groups in total. The Morgan fingerprint density at radius 2 is 1.48 bits per heavy atom. The number of aryl methyl sites for hydroxylation is 1. The Bertz CT molecular complexity index is 449. The molecule has 1 aromatic rings. The van der Waals surface area contributed by atoms with Gasteiger partial charge in [-0.25, -0.2) is 0 Å². The van der Waals surface area contributed by atoms with E-state index in [1.165, 1.54) is 37.4 Å². The van der Waals surface area contributed by atoms with E-state index in [-0.39, 0.29) is 0 Å². The van der Waals surface area contributed by atoms with Gasteiger partial charge in [-0.3, -0.25) is 0 Å². The second-order valence-electron chi connectivity index (χ2n) is 7.66. The van der Waals surface area contributed by atoms with Gasteiger partial charge in [-0.1, -0.05) is 71.0 Å². The van der Waals surface area contributed by atoms with Crippen LogP contribution in [0, 0.1) is 30.6 Å². The molecule has 0 aliphatic carbocycles. The van der Waals surface area contributed by atoms with Crippen LogP contribution in [0.2, 0.25) is 0 Å². The maximum atomic E-state index is 4.50. The van der Waals surface area contributed by atoms with E-state index in [0.717, 1.165) is 23.7 Å². The molecule has 1 nitrogen and oxygen atoms in total. The molecular formula is C24H43N. The largest absolute Gasteiger partial charge is 0.333 e. The van der Waals surface area contributed by atoms with E-state index in [0.29, 0.717) is 0 Å². The van der Waals surface area contributed by atoms with Crippen molar-refractivity contribution in [2.75, 3.05) is 7.05 Å². The van der Waals surface area contributed by atoms with Crippen LogP contribution in [0.5, 0.6) is 0 Å². The molecule has 144 valence electrons. The Hall–Kier alpha value is -1.30. The minimum Gasteiger partial charge on any atom is -0.333 e. The summed E-state index contributed by atoms with van der Waals surface area (Å²) in [6.45, 7) is 19.2. The standard InChI is InChI=1S/C19H32.C4H6.CH5N/c1-14(2)11-19(15(3)4)13-17(6)12-18-9-7-16(5)8-10-18;1-3-4-2;1-2/h7-10,14-15,17,19H,11-13H2,1-6H3;4H,1H2,2H3;2H2,1H3. The van der Waals surface area contributed by atoms with Gasteiger partial charge in [-0.2, -0.15) is 0 Å². The van der Waals surface area contributed by atoms with Crippen molar-refractivity contribution < 1.29 is 0 Å². The number of allylic oxidation sites excluding steroid dienone is 1. The predicted octanol–water partition coefficient (Wildman–Crippen LogP) is 6.80. The summed E-state index contributed by atoms with van der Waals surface area (Å²) in [6, 6.07) is 9.05. The quantitative estimate of drug-likeness (QED) is 0.540. The maximum Gasteiger partial charge on any atom is -0.0195 e. The molecule has 2 atom stereocenters. The first-order valence-electron chi connectivity index (χ1n) is 9.73. The number of nitrogens with two attached hydrogens (primary N) is 1. The fraction of sp³-hybridized carbons (Fsp3) is 0.625. The zero-order valence-electron chi connectivity index (χ0n) is 18.1. The van der Waals surface area contributed by atoms with Crippen molar-refractivity contribution in [3.63, 3.8) is 0 Å². The topological polar surface area (TPSA) is 26.0 Å². The molecule has 0 aromatic heterocycles. The van der Waals surface area contributed by atoms with Crippen LogP contribution in [-0.2, 0) is 6.42 Å². The Morgan fingerprint density at radius 1 is 1.00 bits per heavy atom. The van der Waals surface area contributed by atoms with Gasteiger partial charge >= 0.3 is 0 Å². The van der Waals surface area contributed by atoms with E-state index in [9.17, 15) is 0 Å². The number of benzene rings is 1. The lowest BCUT2D eigenvalue weighted by Crippen LogP contribution is -2.16. The SMILES string of the molecule is C=C=CC.CN.Cc1ccc(CC(C)CC(CC(C)C)C(C)C)cc1. The molecule has 0 saturated heterocycles. The Morgan fingerprint density at radius 3 is 1.84 bits per heavy atom. The zero-order valence-corrected chi connectivity index (χ0v) is 18.1. The monoisotopic (exact) mass is 345 g/mol. The van der Waals surface area contributed by atoms with Gasteiger partial charge in [0.25, 0.3) is 0 Å². The summed E-state index contributed by atoms with van der Waals surface area (Å²) >= 11 is 0. The van der Waals surface area contributed by atoms with Gasteiger partial charge in [0.2, 0.25) is 0 Å². The summed E-state index contributed by atoms with van der Waals surface area (Å²) in [6.07, 6.45) is 5.72. The van der Waals surface area contributed by atoms with Gasteiger partial charge < -0.3 is 5.73 Å². The molecule has 0 heterocycles. The molecule has 0 aliphatic rings. The summed E-state index contributed by atoms with van der Waals surface area (Å²) in [7, 11) is 1.50. The Kier molecular flexibility index (Phi) is 16.8. The molecule has 0 spiro atoms. The van der Waals surface area contributed by atoms with Crippen LogP contribution in [0.3, 0.4) is 0 Å². The van der Waals surface area contributed by atoms with Crippen molar-refractivity contribution >= 4 is 0 Å². The van der Waals surface area contributed by atoms with Crippen LogP contribution in [0.25, 0.3) is 0 Å². The molecule has 0 bridgehead atoms. The van der Waals surface area contributed by atoms with Gasteiger partial charge in [0, 0.05) is 0 Å². The second kappa shape index (κ2) is 16.2. The molecule has 1 heteroatoms. The van der Waals surface area contributed by atoms with Gasteiger partial charge in [0.1, 0.15) is 0 Å². The smallest absolute Gasteiger partial charge is 0.0195 e. The molecule has 1 aromatic carbocycles. The third-order valence-electron chi connectivity index (χ3n) is 4.33. The van der Waals surface area contributed by atoms with Crippen molar-refractivity contribution in [2.45, 2.75) is 67.7 Å². The number of rotatable bonds is 7. The van der Waals surface area contributed by atoms with Crippen LogP contribution >= 0.6 is 0 Å². The summed E-state index contributed by atoms with van der Waals surface area (Å²) < 4.78 is 0. The Labute approximate surface area is 158 Å². The highest BCUT2D eigenvalue weighted by Gasteiger charge is 2.18. The molecule has 2 unspecified atom stereocenters. The Balaban J connectivity index is 0. The normalized spacial score (nSPS) is 12.3. The summed E-state index contributed by atoms with van der Waals surface area (Å²) in [5.74, 6) is 3.29. The molecule has 0 radical (unpaired) electrons. The van der Waals surface area contributed by atoms with Crippen molar-refractivity contribution in [3.05, 3.63) is 53.8 Å². The summed E-state index contributed by atoms with van der Waals surface area (Å²) in [5.41, 5.74) is 9.90. The van der Waals surface area contributed by atoms with Crippen molar-refractivity contribution in [1.29, 1.82) is 0 Å². The molecule has 0 fully saturated rings. The van der Waals surface area contributed by atoms with E-state index in [1.807, 2.05) is 6.92 Å². The fourth-order valence-electron chi connectivity index (χ4n) is 2.97. The van der Waals surface area contributed by atoms with E-state index in [1.54, 1.807) is 6.08 Å². The lowest BCUT2D eigenvalue weighted by Gasteiger charge is -2.26. The van der Waals surface area contributed by atoms with Gasteiger partial charge in [-0.05, 0) is 75.5 Å². The van der Waals surface area contributed by atoms with Gasteiger partial charge in [0.05, 0.1) is 0 Å². The summed E-state index contributed by atoms with van der Waals surface area (Å²) in [4.78, 5) is 0. The maximum absolute atomic E-state index is 4.50. The molecular weight excluding hydrogens is 302 g/mol. The molecule has 25 heavy (non-hydrogen) atoms. The predicted molar refractivity (Wildman–Crippen MR) is 116 cm³/mol. The van der Waals surface area contributed by atoms with Crippen molar-refractivity contribution in [1.82, 2.24) is 0 Å². The first-order valence-corrected chi connectivity index (χ1v) is 9.73. The van der Waals surface area contributed by atoms with Gasteiger partial charge in [0.15, 0.2) is 0 Å². The van der Waals surface area contributed by atoms with Crippen LogP contribution in [-0.4, -0.2) is 7.05 Å². The molecule has 0 aliphatic heterocycles. The van der Waals surface area contributed by atoms with E-state index < -0.39 is 0 Å². The highest BCUT2D eigenvalue weighted by Crippen LogP contribution is 2.28. The lowest BCUT2D eigenvalue weighted by molar-refractivity contribution is 0.260. The highest BCUT2D eigenvalue weighted by atomic mass is 14.4. The van der Waals surface area contributed by atoms with Crippen molar-refractivity contribution in [2.24, 2.45) is 29.4 Å². The molecule has 0 amide bonds. The van der Waals surface area contributed by atoms with Crippen LogP contribution in [0.4, 0.5) is 0 Å². The van der Waals surface area contributed by atoms with Crippen LogP contribution < -0.4 is 5.73 Å². The van der Waals surface area contributed by atoms with E-state index in [2.05, 4.69) is 83.9 Å². The lowest BCUT2D eigenvalue weighted by atomic mass is 9.80. The second-order valence-corrected chi connectivity index (χ2v) is 7.66. The van der Waals surface area contributed by atoms with E-state index in [4.69, 9.17) is 0 Å². The minimum atomic E-state index is 0.786. The van der Waals surface area contributed by atoms with Crippen LogP contribution in [0.15, 0.2) is 42.7 Å². The third-order valence-corrected chi connectivity index (χ3v) is 4.33. The fourth-order valence-corrected chi connectivity index (χ4v) is 2.97. The van der Waals surface area contributed by atoms with Crippen molar-refractivity contribution in [3.8, 4) is 0 Å². The summed E-state index contributed by atoms with van der Waals surface area (Å²) in [5, 5.41) is 0. The molecule has 1 rings (SSSR count). The first kappa shape index (κ1) is 25.9. The third kappa shape index (κ3) is 14.7. The number of hydrogen-bond donors (Lipinski definition) is 1. The minimum absolute atomic E-state index is 0.786. The van der Waals surface area contributed by atoms with E-state index >= 15 is 0 Å². The highest BCUT2D eigenvalue weighted by molar-refractivity contribution is 5.21. The number of hydrogen-bond acceptors (Lipinski definition) is 1. The molecule has 0 saturated carbocycles. The average molecular weight is 346 g/mol. The van der Waals surface area contributed by atoms with Gasteiger partial charge in [-0.15, -0.1) is 5.73 Å². The first-order chi connectivity index (χ1) is 11.8. The van der Waals surface area contributed by atoms with Crippen LogP contribution in [0.1, 0.15) is 65.5 Å².